The first-order chi connectivity index (χ1) is 7.24. The average Bonchev–Trinajstić information content (AvgIpc) is 2.16. The van der Waals surface area contributed by atoms with E-state index in [2.05, 4.69) is 0 Å². The van der Waals surface area contributed by atoms with Crippen molar-refractivity contribution >= 4 is 21.4 Å². The lowest BCUT2D eigenvalue weighted by Crippen LogP contribution is -2.08. The van der Waals surface area contributed by atoms with Crippen molar-refractivity contribution in [1.82, 2.24) is 0 Å². The molecule has 0 radical (unpaired) electrons. The third-order valence-electron chi connectivity index (χ3n) is 1.81. The average molecular weight is 273 g/mol. The van der Waals surface area contributed by atoms with Crippen LogP contribution in [-0.4, -0.2) is 13.6 Å². The Morgan fingerprint density at radius 2 is 1.88 bits per heavy atom. The molecule has 0 unspecified atom stereocenters. The summed E-state index contributed by atoms with van der Waals surface area (Å²) in [5.74, 6) is -0.486. The molecule has 0 spiro atoms. The van der Waals surface area contributed by atoms with Gasteiger partial charge in [-0.15, -0.1) is 11.6 Å². The van der Waals surface area contributed by atoms with E-state index in [-0.39, 0.29) is 5.56 Å². The van der Waals surface area contributed by atoms with Crippen LogP contribution in [-0.2, 0) is 21.8 Å². The second-order valence-corrected chi connectivity index (χ2v) is 5.84. The third kappa shape index (κ3) is 3.68. The van der Waals surface area contributed by atoms with E-state index in [1.54, 1.807) is 0 Å². The van der Waals surface area contributed by atoms with Gasteiger partial charge in [0.15, 0.2) is 9.84 Å². The van der Waals surface area contributed by atoms with E-state index in [4.69, 9.17) is 11.6 Å². The monoisotopic (exact) mass is 272 g/mol. The highest BCUT2D eigenvalue weighted by molar-refractivity contribution is 7.91. The van der Waals surface area contributed by atoms with E-state index in [0.717, 1.165) is 12.1 Å². The summed E-state index contributed by atoms with van der Waals surface area (Å²) >= 11 is 5.16. The van der Waals surface area contributed by atoms with E-state index in [1.165, 1.54) is 12.1 Å². The summed E-state index contributed by atoms with van der Waals surface area (Å²) < 4.78 is 59.2. The first-order valence-corrected chi connectivity index (χ1v) is 6.53. The SMILES string of the molecule is O=S(=O)(CCl)Cc1cccc(C(F)(F)F)c1. The molecule has 0 aromatic heterocycles. The maximum absolute atomic E-state index is 12.3. The zero-order chi connectivity index (χ0) is 12.4. The number of rotatable bonds is 3. The van der Waals surface area contributed by atoms with Gasteiger partial charge in [-0.2, -0.15) is 13.2 Å². The topological polar surface area (TPSA) is 34.1 Å². The summed E-state index contributed by atoms with van der Waals surface area (Å²) in [6.07, 6.45) is -4.47. The predicted molar refractivity (Wildman–Crippen MR) is 54.8 cm³/mol. The van der Waals surface area contributed by atoms with Crippen molar-refractivity contribution in [3.63, 3.8) is 0 Å². The molecule has 0 atom stereocenters. The number of sulfone groups is 1. The zero-order valence-electron chi connectivity index (χ0n) is 7.96. The van der Waals surface area contributed by atoms with Gasteiger partial charge in [-0.1, -0.05) is 18.2 Å². The van der Waals surface area contributed by atoms with Crippen molar-refractivity contribution in [3.8, 4) is 0 Å². The van der Waals surface area contributed by atoms with E-state index in [1.807, 2.05) is 0 Å². The highest BCUT2D eigenvalue weighted by Crippen LogP contribution is 2.29. The Morgan fingerprint density at radius 1 is 1.25 bits per heavy atom. The van der Waals surface area contributed by atoms with Crippen LogP contribution < -0.4 is 0 Å². The van der Waals surface area contributed by atoms with Crippen molar-refractivity contribution in [2.45, 2.75) is 11.9 Å². The normalized spacial score (nSPS) is 12.8. The number of benzene rings is 1. The van der Waals surface area contributed by atoms with Gasteiger partial charge in [-0.3, -0.25) is 0 Å². The molecule has 0 saturated heterocycles. The predicted octanol–water partition coefficient (Wildman–Crippen LogP) is 2.82. The number of hydrogen-bond acceptors (Lipinski definition) is 2. The fourth-order valence-electron chi connectivity index (χ4n) is 1.13. The maximum atomic E-state index is 12.3. The quantitative estimate of drug-likeness (QED) is 0.793. The molecule has 0 N–H and O–H groups in total. The largest absolute Gasteiger partial charge is 0.416 e. The van der Waals surface area contributed by atoms with E-state index < -0.39 is 32.5 Å². The molecule has 7 heteroatoms. The Labute approximate surface area is 96.0 Å². The van der Waals surface area contributed by atoms with E-state index in [9.17, 15) is 21.6 Å². The van der Waals surface area contributed by atoms with Gasteiger partial charge >= 0.3 is 6.18 Å². The first kappa shape index (κ1) is 13.3. The maximum Gasteiger partial charge on any atom is 0.416 e. The molecule has 0 aliphatic rings. The van der Waals surface area contributed by atoms with Crippen molar-refractivity contribution in [2.75, 3.05) is 5.21 Å². The summed E-state index contributed by atoms with van der Waals surface area (Å²) in [7, 11) is -3.54. The van der Waals surface area contributed by atoms with Crippen molar-refractivity contribution < 1.29 is 21.6 Å². The minimum absolute atomic E-state index is 0.0791. The fourth-order valence-corrected chi connectivity index (χ4v) is 2.13. The van der Waals surface area contributed by atoms with Gasteiger partial charge in [0.2, 0.25) is 0 Å². The van der Waals surface area contributed by atoms with Gasteiger partial charge in [0.05, 0.1) is 11.3 Å². The second-order valence-electron chi connectivity index (χ2n) is 3.20. The summed E-state index contributed by atoms with van der Waals surface area (Å²) in [5, 5.41) is -0.608. The van der Waals surface area contributed by atoms with Crippen LogP contribution in [0.4, 0.5) is 13.2 Å². The van der Waals surface area contributed by atoms with Gasteiger partial charge in [0.1, 0.15) is 5.21 Å². The Kier molecular flexibility index (Phi) is 3.85. The van der Waals surface area contributed by atoms with Crippen molar-refractivity contribution in [3.05, 3.63) is 35.4 Å². The Morgan fingerprint density at radius 3 is 2.38 bits per heavy atom. The molecule has 90 valence electrons. The molecule has 2 nitrogen and oxygen atoms in total. The summed E-state index contributed by atoms with van der Waals surface area (Å²) in [4.78, 5) is 0. The van der Waals surface area contributed by atoms with E-state index in [0.29, 0.717) is 0 Å². The minimum Gasteiger partial charge on any atom is -0.227 e. The standard InChI is InChI=1S/C9H8ClF3O2S/c10-6-16(14,15)5-7-2-1-3-8(4-7)9(11,12)13/h1-4H,5-6H2. The van der Waals surface area contributed by atoms with Crippen LogP contribution in [0.5, 0.6) is 0 Å². The van der Waals surface area contributed by atoms with Crippen molar-refractivity contribution in [1.29, 1.82) is 0 Å². The lowest BCUT2D eigenvalue weighted by molar-refractivity contribution is -0.137. The lowest BCUT2D eigenvalue weighted by Gasteiger charge is -2.08. The molecule has 0 saturated carbocycles. The van der Waals surface area contributed by atoms with Crippen LogP contribution in [0.2, 0.25) is 0 Å². The highest BCUT2D eigenvalue weighted by Gasteiger charge is 2.30. The van der Waals surface area contributed by atoms with Crippen LogP contribution in [0.15, 0.2) is 24.3 Å². The molecule has 0 fully saturated rings. The molecular formula is C9H8ClF3O2S. The molecule has 1 aromatic rings. The van der Waals surface area contributed by atoms with Crippen LogP contribution in [0.3, 0.4) is 0 Å². The Balaban J connectivity index is 3.01. The van der Waals surface area contributed by atoms with Crippen LogP contribution in [0, 0.1) is 0 Å². The van der Waals surface area contributed by atoms with Gasteiger partial charge in [-0.25, -0.2) is 8.42 Å². The van der Waals surface area contributed by atoms with Crippen LogP contribution in [0.25, 0.3) is 0 Å². The van der Waals surface area contributed by atoms with Gasteiger partial charge in [-0.05, 0) is 11.6 Å². The third-order valence-corrected chi connectivity index (χ3v) is 3.91. The minimum atomic E-state index is -4.47. The van der Waals surface area contributed by atoms with E-state index >= 15 is 0 Å². The fraction of sp³-hybridized carbons (Fsp3) is 0.333. The Hall–Kier alpha value is -0.750. The number of hydrogen-bond donors (Lipinski definition) is 0. The molecule has 0 aliphatic carbocycles. The van der Waals surface area contributed by atoms with Gasteiger partial charge in [0.25, 0.3) is 0 Å². The Bertz CT molecular complexity index is 468. The van der Waals surface area contributed by atoms with Crippen LogP contribution in [0.1, 0.15) is 11.1 Å². The summed E-state index contributed by atoms with van der Waals surface area (Å²) in [6.45, 7) is 0. The molecule has 0 aliphatic heterocycles. The highest BCUT2D eigenvalue weighted by atomic mass is 35.5. The van der Waals surface area contributed by atoms with Gasteiger partial charge in [0, 0.05) is 0 Å². The lowest BCUT2D eigenvalue weighted by atomic mass is 10.1. The zero-order valence-corrected chi connectivity index (χ0v) is 9.53. The molecular weight excluding hydrogens is 265 g/mol. The summed E-state index contributed by atoms with van der Waals surface area (Å²) in [5.41, 5.74) is -0.787. The molecule has 0 heterocycles. The van der Waals surface area contributed by atoms with Crippen LogP contribution >= 0.6 is 11.6 Å². The number of alkyl halides is 4. The second kappa shape index (κ2) is 4.63. The summed E-state index contributed by atoms with van der Waals surface area (Å²) in [6, 6.07) is 4.18. The number of halogens is 4. The molecule has 0 bridgehead atoms. The molecule has 1 aromatic carbocycles. The smallest absolute Gasteiger partial charge is 0.227 e. The molecule has 16 heavy (non-hydrogen) atoms. The van der Waals surface area contributed by atoms with Crippen molar-refractivity contribution in [2.24, 2.45) is 0 Å². The molecule has 0 amide bonds. The molecule has 1 rings (SSSR count). The first-order valence-electron chi connectivity index (χ1n) is 4.17. The van der Waals surface area contributed by atoms with Gasteiger partial charge < -0.3 is 0 Å².